The Labute approximate surface area is 120 Å². The lowest BCUT2D eigenvalue weighted by Gasteiger charge is -2.12. The molecule has 0 amide bonds. The molecule has 0 saturated carbocycles. The van der Waals surface area contributed by atoms with Gasteiger partial charge in [-0.3, -0.25) is 0 Å². The Morgan fingerprint density at radius 2 is 1.20 bits per heavy atom. The van der Waals surface area contributed by atoms with Crippen LogP contribution >= 0.6 is 0 Å². The number of rotatable bonds is 13. The van der Waals surface area contributed by atoms with Gasteiger partial charge < -0.3 is 29.2 Å². The molecule has 2 rings (SSSR count). The van der Waals surface area contributed by atoms with E-state index in [0.717, 1.165) is 38.9 Å². The summed E-state index contributed by atoms with van der Waals surface area (Å²) in [7, 11) is 0. The molecule has 6 heteroatoms. The van der Waals surface area contributed by atoms with Crippen molar-refractivity contribution in [3.05, 3.63) is 0 Å². The lowest BCUT2D eigenvalue weighted by molar-refractivity contribution is -0.109. The van der Waals surface area contributed by atoms with Crippen LogP contribution in [0.25, 0.3) is 0 Å². The number of aliphatic hydroxyl groups is 2. The minimum atomic E-state index is -0.674. The fourth-order valence-corrected chi connectivity index (χ4v) is 1.92. The van der Waals surface area contributed by atoms with E-state index in [9.17, 15) is 10.2 Å². The molecule has 0 bridgehead atoms. The molecule has 0 aliphatic carbocycles. The van der Waals surface area contributed by atoms with Crippen molar-refractivity contribution in [2.75, 3.05) is 26.4 Å². The highest BCUT2D eigenvalue weighted by Gasteiger charge is 2.24. The molecule has 2 aliphatic rings. The minimum Gasteiger partial charge on any atom is -0.371 e. The third-order valence-corrected chi connectivity index (χ3v) is 3.41. The molecule has 0 aromatic heterocycles. The van der Waals surface area contributed by atoms with Gasteiger partial charge in [0.2, 0.25) is 0 Å². The summed E-state index contributed by atoms with van der Waals surface area (Å²) < 4.78 is 20.5. The van der Waals surface area contributed by atoms with Crippen LogP contribution < -0.4 is 0 Å². The van der Waals surface area contributed by atoms with Crippen LogP contribution in [0.4, 0.5) is 0 Å². The standard InChI is InChI=1S/C14H26O6/c15-13(19-9-11-7-17-11)5-3-1-2-4-6-14(16)20-10-12-8-18-12/h11-16H,1-10H2. The maximum absolute atomic E-state index is 9.55. The Hall–Kier alpha value is -0.240. The van der Waals surface area contributed by atoms with E-state index in [-0.39, 0.29) is 12.2 Å². The molecule has 2 fully saturated rings. The number of unbranched alkanes of at least 4 members (excludes halogenated alkanes) is 3. The van der Waals surface area contributed by atoms with Gasteiger partial charge in [-0.15, -0.1) is 0 Å². The van der Waals surface area contributed by atoms with E-state index in [1.807, 2.05) is 0 Å². The quantitative estimate of drug-likeness (QED) is 0.296. The Bertz CT molecular complexity index is 228. The number of hydrogen-bond donors (Lipinski definition) is 2. The smallest absolute Gasteiger partial charge is 0.154 e. The van der Waals surface area contributed by atoms with Crippen molar-refractivity contribution in [3.63, 3.8) is 0 Å². The Balaban J connectivity index is 1.31. The van der Waals surface area contributed by atoms with Crippen LogP contribution in [0, 0.1) is 0 Å². The van der Waals surface area contributed by atoms with Gasteiger partial charge in [-0.2, -0.15) is 0 Å². The Kier molecular flexibility index (Phi) is 7.19. The third kappa shape index (κ3) is 8.14. The summed E-state index contributed by atoms with van der Waals surface area (Å²) in [6.45, 7) is 2.50. The van der Waals surface area contributed by atoms with E-state index in [1.165, 1.54) is 0 Å². The summed E-state index contributed by atoms with van der Waals surface area (Å²) >= 11 is 0. The fourth-order valence-electron chi connectivity index (χ4n) is 1.92. The summed E-state index contributed by atoms with van der Waals surface area (Å²) in [5.74, 6) is 0. The first-order chi connectivity index (χ1) is 9.74. The third-order valence-electron chi connectivity index (χ3n) is 3.41. The zero-order valence-corrected chi connectivity index (χ0v) is 11.9. The van der Waals surface area contributed by atoms with Crippen LogP contribution in [-0.2, 0) is 18.9 Å². The van der Waals surface area contributed by atoms with E-state index >= 15 is 0 Å². The topological polar surface area (TPSA) is 84.0 Å². The van der Waals surface area contributed by atoms with Gasteiger partial charge in [-0.25, -0.2) is 0 Å². The monoisotopic (exact) mass is 290 g/mol. The van der Waals surface area contributed by atoms with Gasteiger partial charge in [0.25, 0.3) is 0 Å². The van der Waals surface area contributed by atoms with E-state index in [0.29, 0.717) is 26.1 Å². The molecule has 2 N–H and O–H groups in total. The van der Waals surface area contributed by atoms with Crippen molar-refractivity contribution in [1.29, 1.82) is 0 Å². The van der Waals surface area contributed by atoms with E-state index in [1.54, 1.807) is 0 Å². The molecule has 20 heavy (non-hydrogen) atoms. The highest BCUT2D eigenvalue weighted by Crippen LogP contribution is 2.14. The van der Waals surface area contributed by atoms with Crippen LogP contribution in [0.3, 0.4) is 0 Å². The van der Waals surface area contributed by atoms with Crippen LogP contribution in [0.2, 0.25) is 0 Å². The van der Waals surface area contributed by atoms with Crippen molar-refractivity contribution < 1.29 is 29.2 Å². The zero-order valence-electron chi connectivity index (χ0n) is 11.9. The number of epoxide rings is 2. The molecule has 2 aliphatic heterocycles. The number of aliphatic hydroxyl groups excluding tert-OH is 2. The van der Waals surface area contributed by atoms with Crippen LogP contribution in [0.15, 0.2) is 0 Å². The second kappa shape index (κ2) is 8.92. The molecule has 2 heterocycles. The maximum atomic E-state index is 9.55. The molecule has 4 unspecified atom stereocenters. The molecule has 0 aromatic carbocycles. The predicted molar refractivity (Wildman–Crippen MR) is 71.1 cm³/mol. The van der Waals surface area contributed by atoms with Crippen LogP contribution in [-0.4, -0.2) is 61.4 Å². The Morgan fingerprint density at radius 1 is 0.800 bits per heavy atom. The second-order valence-corrected chi connectivity index (χ2v) is 5.48. The van der Waals surface area contributed by atoms with Gasteiger partial charge in [0.1, 0.15) is 12.2 Å². The molecule has 2 saturated heterocycles. The van der Waals surface area contributed by atoms with Crippen molar-refractivity contribution in [2.45, 2.75) is 63.3 Å². The van der Waals surface area contributed by atoms with E-state index in [4.69, 9.17) is 18.9 Å². The maximum Gasteiger partial charge on any atom is 0.154 e. The predicted octanol–water partition coefficient (Wildman–Crippen LogP) is 0.795. The fraction of sp³-hybridized carbons (Fsp3) is 1.00. The first-order valence-corrected chi connectivity index (χ1v) is 7.56. The van der Waals surface area contributed by atoms with Gasteiger partial charge in [-0.1, -0.05) is 12.8 Å². The average Bonchev–Trinajstić information content (AvgIpc) is 3.31. The number of ether oxygens (including phenoxy) is 4. The van der Waals surface area contributed by atoms with Gasteiger partial charge >= 0.3 is 0 Å². The van der Waals surface area contributed by atoms with E-state index < -0.39 is 12.6 Å². The molecule has 0 aromatic rings. The summed E-state index contributed by atoms with van der Waals surface area (Å²) in [5, 5.41) is 19.1. The Morgan fingerprint density at radius 3 is 1.55 bits per heavy atom. The van der Waals surface area contributed by atoms with Crippen molar-refractivity contribution >= 4 is 0 Å². The molecule has 0 radical (unpaired) electrons. The first kappa shape index (κ1) is 16.1. The largest absolute Gasteiger partial charge is 0.371 e. The molecule has 6 nitrogen and oxygen atoms in total. The van der Waals surface area contributed by atoms with E-state index in [2.05, 4.69) is 0 Å². The molecular weight excluding hydrogens is 264 g/mol. The average molecular weight is 290 g/mol. The molecule has 118 valence electrons. The van der Waals surface area contributed by atoms with Gasteiger partial charge in [0.05, 0.1) is 26.4 Å². The lowest BCUT2D eigenvalue weighted by Crippen LogP contribution is -2.16. The normalized spacial score (nSPS) is 27.3. The molecular formula is C14H26O6. The van der Waals surface area contributed by atoms with Gasteiger partial charge in [0.15, 0.2) is 12.6 Å². The van der Waals surface area contributed by atoms with Crippen molar-refractivity contribution in [3.8, 4) is 0 Å². The number of hydrogen-bond acceptors (Lipinski definition) is 6. The second-order valence-electron chi connectivity index (χ2n) is 5.48. The van der Waals surface area contributed by atoms with Crippen LogP contribution in [0.5, 0.6) is 0 Å². The zero-order chi connectivity index (χ0) is 14.2. The van der Waals surface area contributed by atoms with Gasteiger partial charge in [0, 0.05) is 0 Å². The minimum absolute atomic E-state index is 0.201. The van der Waals surface area contributed by atoms with Crippen LogP contribution in [0.1, 0.15) is 38.5 Å². The highest BCUT2D eigenvalue weighted by atomic mass is 16.6. The molecule has 0 spiro atoms. The summed E-state index contributed by atoms with van der Waals surface area (Å²) in [4.78, 5) is 0. The van der Waals surface area contributed by atoms with Crippen molar-refractivity contribution in [2.24, 2.45) is 0 Å². The van der Waals surface area contributed by atoms with Crippen molar-refractivity contribution in [1.82, 2.24) is 0 Å². The summed E-state index contributed by atoms with van der Waals surface area (Å²) in [6.07, 6.45) is 4.28. The SMILES string of the molecule is OC(CCCCCCC(O)OCC1CO1)OCC1CO1. The van der Waals surface area contributed by atoms with Gasteiger partial charge in [-0.05, 0) is 25.7 Å². The highest BCUT2D eigenvalue weighted by molar-refractivity contribution is 4.68. The summed E-state index contributed by atoms with van der Waals surface area (Å²) in [6, 6.07) is 0. The summed E-state index contributed by atoms with van der Waals surface area (Å²) in [5.41, 5.74) is 0. The molecule has 4 atom stereocenters. The first-order valence-electron chi connectivity index (χ1n) is 7.56. The lowest BCUT2D eigenvalue weighted by atomic mass is 10.1.